The molecule has 0 aliphatic heterocycles. The van der Waals surface area contributed by atoms with Crippen molar-refractivity contribution in [3.8, 4) is 5.75 Å². The second-order valence-corrected chi connectivity index (χ2v) is 5.36. The Bertz CT molecular complexity index is 340. The zero-order chi connectivity index (χ0) is 12.3. The maximum Gasteiger partial charge on any atom is 0.119 e. The van der Waals surface area contributed by atoms with Gasteiger partial charge in [0.2, 0.25) is 0 Å². The standard InChI is InChI=1S/C15H23NO/c1-11(2)12-5-7-14(8-6-12)17-10-9-15(16)13-3-4-13/h5-8,11,13,15H,3-4,9-10,16H2,1-2H3. The lowest BCUT2D eigenvalue weighted by molar-refractivity contribution is 0.291. The summed E-state index contributed by atoms with van der Waals surface area (Å²) in [6.45, 7) is 5.13. The van der Waals surface area contributed by atoms with Crippen LogP contribution in [0.4, 0.5) is 0 Å². The van der Waals surface area contributed by atoms with Crippen LogP contribution in [0.1, 0.15) is 44.6 Å². The Hall–Kier alpha value is -1.02. The lowest BCUT2D eigenvalue weighted by Crippen LogP contribution is -2.24. The molecule has 0 aromatic heterocycles. The minimum absolute atomic E-state index is 0.338. The molecule has 1 fully saturated rings. The summed E-state index contributed by atoms with van der Waals surface area (Å²) < 4.78 is 5.71. The smallest absolute Gasteiger partial charge is 0.119 e. The average Bonchev–Trinajstić information content (AvgIpc) is 3.13. The topological polar surface area (TPSA) is 35.2 Å². The Labute approximate surface area is 104 Å². The van der Waals surface area contributed by atoms with E-state index < -0.39 is 0 Å². The van der Waals surface area contributed by atoms with Crippen molar-refractivity contribution in [3.63, 3.8) is 0 Å². The van der Waals surface area contributed by atoms with Crippen LogP contribution in [0.15, 0.2) is 24.3 Å². The molecule has 0 saturated heterocycles. The summed E-state index contributed by atoms with van der Waals surface area (Å²) in [4.78, 5) is 0. The van der Waals surface area contributed by atoms with Crippen LogP contribution in [0, 0.1) is 5.92 Å². The van der Waals surface area contributed by atoms with Crippen LogP contribution in [-0.2, 0) is 0 Å². The van der Waals surface area contributed by atoms with E-state index in [0.717, 1.165) is 24.7 Å². The monoisotopic (exact) mass is 233 g/mol. The minimum atomic E-state index is 0.338. The van der Waals surface area contributed by atoms with Crippen molar-refractivity contribution in [2.75, 3.05) is 6.61 Å². The van der Waals surface area contributed by atoms with Gasteiger partial charge in [-0.05, 0) is 48.8 Å². The number of benzene rings is 1. The largest absolute Gasteiger partial charge is 0.494 e. The van der Waals surface area contributed by atoms with Gasteiger partial charge >= 0.3 is 0 Å². The molecule has 1 saturated carbocycles. The molecule has 0 bridgehead atoms. The number of hydrogen-bond acceptors (Lipinski definition) is 2. The van der Waals surface area contributed by atoms with Crippen molar-refractivity contribution in [1.29, 1.82) is 0 Å². The molecule has 0 heterocycles. The van der Waals surface area contributed by atoms with E-state index in [1.54, 1.807) is 0 Å². The number of hydrogen-bond donors (Lipinski definition) is 1. The summed E-state index contributed by atoms with van der Waals surface area (Å²) in [5.74, 6) is 2.30. The van der Waals surface area contributed by atoms with Crippen LogP contribution in [-0.4, -0.2) is 12.6 Å². The van der Waals surface area contributed by atoms with E-state index in [2.05, 4.69) is 38.1 Å². The van der Waals surface area contributed by atoms with E-state index in [4.69, 9.17) is 10.5 Å². The zero-order valence-electron chi connectivity index (χ0n) is 10.9. The van der Waals surface area contributed by atoms with Crippen molar-refractivity contribution in [1.82, 2.24) is 0 Å². The molecular weight excluding hydrogens is 210 g/mol. The summed E-state index contributed by atoms with van der Waals surface area (Å²) in [5.41, 5.74) is 7.38. The molecule has 94 valence electrons. The Balaban J connectivity index is 1.74. The third-order valence-corrected chi connectivity index (χ3v) is 3.49. The highest BCUT2D eigenvalue weighted by atomic mass is 16.5. The van der Waals surface area contributed by atoms with Crippen molar-refractivity contribution < 1.29 is 4.74 Å². The molecule has 1 unspecified atom stereocenters. The predicted molar refractivity (Wildman–Crippen MR) is 71.3 cm³/mol. The number of rotatable bonds is 6. The van der Waals surface area contributed by atoms with Crippen LogP contribution < -0.4 is 10.5 Å². The van der Waals surface area contributed by atoms with Gasteiger partial charge in [0.1, 0.15) is 5.75 Å². The summed E-state index contributed by atoms with van der Waals surface area (Å²) in [5, 5.41) is 0. The fourth-order valence-electron chi connectivity index (χ4n) is 2.02. The lowest BCUT2D eigenvalue weighted by Gasteiger charge is -2.12. The van der Waals surface area contributed by atoms with Crippen molar-refractivity contribution in [2.45, 2.75) is 45.1 Å². The number of ether oxygens (including phenoxy) is 1. The highest BCUT2D eigenvalue weighted by molar-refractivity contribution is 5.28. The first-order chi connectivity index (χ1) is 8.16. The summed E-state index contributed by atoms with van der Waals surface area (Å²) in [7, 11) is 0. The summed E-state index contributed by atoms with van der Waals surface area (Å²) in [6, 6.07) is 8.72. The second-order valence-electron chi connectivity index (χ2n) is 5.36. The first-order valence-electron chi connectivity index (χ1n) is 6.65. The molecular formula is C15H23NO. The van der Waals surface area contributed by atoms with Gasteiger partial charge < -0.3 is 10.5 Å². The quantitative estimate of drug-likeness (QED) is 0.818. The second kappa shape index (κ2) is 5.54. The zero-order valence-corrected chi connectivity index (χ0v) is 10.9. The molecule has 0 amide bonds. The SMILES string of the molecule is CC(C)c1ccc(OCCC(N)C2CC2)cc1. The highest BCUT2D eigenvalue weighted by Crippen LogP contribution is 2.32. The molecule has 17 heavy (non-hydrogen) atoms. The molecule has 2 heteroatoms. The molecule has 1 aromatic carbocycles. The van der Waals surface area contributed by atoms with Crippen LogP contribution in [0.5, 0.6) is 5.75 Å². The lowest BCUT2D eigenvalue weighted by atomic mass is 10.0. The van der Waals surface area contributed by atoms with E-state index in [1.807, 2.05) is 0 Å². The Morgan fingerprint density at radius 1 is 1.24 bits per heavy atom. The Morgan fingerprint density at radius 2 is 1.88 bits per heavy atom. The predicted octanol–water partition coefficient (Wildman–Crippen LogP) is 3.32. The molecule has 1 atom stereocenters. The van der Waals surface area contributed by atoms with Crippen LogP contribution in [0.3, 0.4) is 0 Å². The van der Waals surface area contributed by atoms with E-state index in [1.165, 1.54) is 18.4 Å². The Morgan fingerprint density at radius 3 is 2.41 bits per heavy atom. The van der Waals surface area contributed by atoms with Gasteiger partial charge in [-0.3, -0.25) is 0 Å². The van der Waals surface area contributed by atoms with Crippen LogP contribution in [0.2, 0.25) is 0 Å². The van der Waals surface area contributed by atoms with E-state index in [-0.39, 0.29) is 0 Å². The summed E-state index contributed by atoms with van der Waals surface area (Å²) in [6.07, 6.45) is 3.59. The molecule has 2 nitrogen and oxygen atoms in total. The normalized spacial score (nSPS) is 17.2. The first-order valence-corrected chi connectivity index (χ1v) is 6.65. The van der Waals surface area contributed by atoms with Crippen molar-refractivity contribution in [3.05, 3.63) is 29.8 Å². The van der Waals surface area contributed by atoms with Gasteiger partial charge in [0.05, 0.1) is 6.61 Å². The maximum atomic E-state index is 6.03. The molecule has 0 radical (unpaired) electrons. The van der Waals surface area contributed by atoms with Gasteiger partial charge in [0.15, 0.2) is 0 Å². The van der Waals surface area contributed by atoms with Crippen molar-refractivity contribution in [2.24, 2.45) is 11.7 Å². The summed E-state index contributed by atoms with van der Waals surface area (Å²) >= 11 is 0. The van der Waals surface area contributed by atoms with Crippen LogP contribution in [0.25, 0.3) is 0 Å². The van der Waals surface area contributed by atoms with Gasteiger partial charge in [-0.25, -0.2) is 0 Å². The molecule has 0 spiro atoms. The van der Waals surface area contributed by atoms with Gasteiger partial charge in [-0.2, -0.15) is 0 Å². The van der Waals surface area contributed by atoms with Crippen molar-refractivity contribution >= 4 is 0 Å². The van der Waals surface area contributed by atoms with Gasteiger partial charge in [-0.15, -0.1) is 0 Å². The molecule has 1 aliphatic rings. The van der Waals surface area contributed by atoms with Gasteiger partial charge in [-0.1, -0.05) is 26.0 Å². The molecule has 1 aliphatic carbocycles. The fraction of sp³-hybridized carbons (Fsp3) is 0.600. The highest BCUT2D eigenvalue weighted by Gasteiger charge is 2.27. The maximum absolute atomic E-state index is 6.03. The van der Waals surface area contributed by atoms with E-state index >= 15 is 0 Å². The molecule has 1 aromatic rings. The minimum Gasteiger partial charge on any atom is -0.494 e. The fourth-order valence-corrected chi connectivity index (χ4v) is 2.02. The third kappa shape index (κ3) is 3.74. The third-order valence-electron chi connectivity index (χ3n) is 3.49. The first kappa shape index (κ1) is 12.4. The average molecular weight is 233 g/mol. The molecule has 2 rings (SSSR count). The van der Waals surface area contributed by atoms with Crippen LogP contribution >= 0.6 is 0 Å². The van der Waals surface area contributed by atoms with E-state index in [0.29, 0.717) is 12.0 Å². The number of nitrogens with two attached hydrogens (primary N) is 1. The molecule has 2 N–H and O–H groups in total. The van der Waals surface area contributed by atoms with Gasteiger partial charge in [0.25, 0.3) is 0 Å². The van der Waals surface area contributed by atoms with E-state index in [9.17, 15) is 0 Å². The van der Waals surface area contributed by atoms with Gasteiger partial charge in [0, 0.05) is 6.04 Å². The Kier molecular flexibility index (Phi) is 4.06.